The van der Waals surface area contributed by atoms with Crippen LogP contribution in [0.4, 0.5) is 5.69 Å². The van der Waals surface area contributed by atoms with Gasteiger partial charge in [-0.05, 0) is 48.5 Å². The number of carbonyl (C=O) groups excluding carboxylic acids is 2. The van der Waals surface area contributed by atoms with E-state index in [1.165, 1.54) is 0 Å². The van der Waals surface area contributed by atoms with Gasteiger partial charge in [-0.25, -0.2) is 4.68 Å². The predicted molar refractivity (Wildman–Crippen MR) is 131 cm³/mol. The number of ketones is 1. The van der Waals surface area contributed by atoms with Crippen LogP contribution in [0.2, 0.25) is 0 Å². The van der Waals surface area contributed by atoms with Gasteiger partial charge in [-0.2, -0.15) is 5.10 Å². The lowest BCUT2D eigenvalue weighted by molar-refractivity contribution is 0.102. The van der Waals surface area contributed by atoms with Gasteiger partial charge in [0.1, 0.15) is 0 Å². The molecule has 164 valence electrons. The fourth-order valence-electron chi connectivity index (χ4n) is 3.53. The topological polar surface area (TPSA) is 89.8 Å². The Hall–Kier alpha value is -4.91. The molecule has 0 atom stereocenters. The van der Waals surface area contributed by atoms with Crippen molar-refractivity contribution in [2.24, 2.45) is 0 Å². The van der Waals surface area contributed by atoms with Crippen LogP contribution in [0.15, 0.2) is 97.6 Å². The van der Waals surface area contributed by atoms with E-state index in [0.29, 0.717) is 22.4 Å². The molecule has 34 heavy (non-hydrogen) atoms. The summed E-state index contributed by atoms with van der Waals surface area (Å²) in [5.74, 6) is -0.416. The number of fused-ring (bicyclic) bond motifs is 1. The molecule has 7 heteroatoms. The minimum Gasteiger partial charge on any atom is -0.322 e. The molecule has 3 heterocycles. The zero-order chi connectivity index (χ0) is 23.3. The third-order valence-electron chi connectivity index (χ3n) is 5.26. The normalized spacial score (nSPS) is 11.1. The molecule has 1 N–H and O–H groups in total. The first kappa shape index (κ1) is 21.0. The summed E-state index contributed by atoms with van der Waals surface area (Å²) in [5.41, 5.74) is 3.64. The maximum atomic E-state index is 13.2. The van der Waals surface area contributed by atoms with Crippen LogP contribution in [-0.2, 0) is 0 Å². The smallest absolute Gasteiger partial charge is 0.255 e. The standard InChI is InChI=1S/C27H19N5O2/c33-26(20-4-3-6-24(16-20)31-27(34)19-9-13-28-14-10-19)21-7-8-22-18-30-32(25(22)17-21)15-11-23-5-1-2-12-29-23/h1-18H,(H,31,34). The van der Waals surface area contributed by atoms with E-state index in [-0.39, 0.29) is 11.7 Å². The van der Waals surface area contributed by atoms with Gasteiger partial charge in [0.05, 0.1) is 17.4 Å². The van der Waals surface area contributed by atoms with Crippen LogP contribution in [0.5, 0.6) is 0 Å². The molecule has 0 spiro atoms. The van der Waals surface area contributed by atoms with E-state index in [2.05, 4.69) is 20.4 Å². The molecule has 0 fully saturated rings. The number of carbonyl (C=O) groups is 2. The van der Waals surface area contributed by atoms with Crippen molar-refractivity contribution in [3.05, 3.63) is 120 Å². The van der Waals surface area contributed by atoms with E-state index >= 15 is 0 Å². The average molecular weight is 445 g/mol. The van der Waals surface area contributed by atoms with Crippen molar-refractivity contribution in [3.63, 3.8) is 0 Å². The molecule has 3 aromatic heterocycles. The van der Waals surface area contributed by atoms with Crippen LogP contribution in [0.3, 0.4) is 0 Å². The second kappa shape index (κ2) is 9.30. The number of amides is 1. The van der Waals surface area contributed by atoms with Gasteiger partial charge in [-0.15, -0.1) is 0 Å². The molecule has 0 saturated heterocycles. The van der Waals surface area contributed by atoms with Crippen LogP contribution in [0.25, 0.3) is 23.2 Å². The highest BCUT2D eigenvalue weighted by molar-refractivity contribution is 6.11. The molecular weight excluding hydrogens is 426 g/mol. The fraction of sp³-hybridized carbons (Fsp3) is 0. The van der Waals surface area contributed by atoms with Gasteiger partial charge in [0.25, 0.3) is 5.91 Å². The minimum atomic E-state index is -0.267. The summed E-state index contributed by atoms with van der Waals surface area (Å²) >= 11 is 0. The Kier molecular flexibility index (Phi) is 5.73. The number of rotatable bonds is 6. The van der Waals surface area contributed by atoms with E-state index in [1.807, 2.05) is 42.6 Å². The molecule has 0 bridgehead atoms. The second-order valence-electron chi connectivity index (χ2n) is 7.53. The van der Waals surface area contributed by atoms with Gasteiger partial charge in [-0.3, -0.25) is 19.6 Å². The van der Waals surface area contributed by atoms with Crippen molar-refractivity contribution in [2.75, 3.05) is 5.32 Å². The Labute approximate surface area is 195 Å². The quantitative estimate of drug-likeness (QED) is 0.374. The number of nitrogens with zero attached hydrogens (tertiary/aromatic N) is 4. The van der Waals surface area contributed by atoms with Crippen LogP contribution in [0.1, 0.15) is 32.0 Å². The Morgan fingerprint density at radius 1 is 0.824 bits per heavy atom. The van der Waals surface area contributed by atoms with E-state index < -0.39 is 0 Å². The summed E-state index contributed by atoms with van der Waals surface area (Å²) in [6, 6.07) is 21.3. The van der Waals surface area contributed by atoms with Gasteiger partial charge in [0.15, 0.2) is 5.78 Å². The lowest BCUT2D eigenvalue weighted by atomic mass is 10.0. The minimum absolute atomic E-state index is 0.150. The van der Waals surface area contributed by atoms with Crippen LogP contribution < -0.4 is 5.32 Å². The number of aromatic nitrogens is 4. The van der Waals surface area contributed by atoms with Gasteiger partial charge in [-0.1, -0.05) is 30.3 Å². The Morgan fingerprint density at radius 2 is 1.68 bits per heavy atom. The SMILES string of the molecule is O=C(Nc1cccc(C(=O)c2ccc3cnn(C=Cc4ccccn4)c3c2)c1)c1ccncc1. The van der Waals surface area contributed by atoms with Gasteiger partial charge in [0.2, 0.25) is 0 Å². The molecule has 5 rings (SSSR count). The molecule has 0 aliphatic heterocycles. The summed E-state index contributed by atoms with van der Waals surface area (Å²) in [6.07, 6.45) is 10.3. The number of benzene rings is 2. The maximum absolute atomic E-state index is 13.2. The first-order valence-electron chi connectivity index (χ1n) is 10.6. The maximum Gasteiger partial charge on any atom is 0.255 e. The highest BCUT2D eigenvalue weighted by atomic mass is 16.1. The van der Waals surface area contributed by atoms with E-state index in [9.17, 15) is 9.59 Å². The molecule has 0 aliphatic carbocycles. The first-order chi connectivity index (χ1) is 16.7. The summed E-state index contributed by atoms with van der Waals surface area (Å²) < 4.78 is 1.71. The molecule has 0 aliphatic rings. The third-order valence-corrected chi connectivity index (χ3v) is 5.26. The van der Waals surface area contributed by atoms with Crippen molar-refractivity contribution in [1.29, 1.82) is 0 Å². The largest absolute Gasteiger partial charge is 0.322 e. The Morgan fingerprint density at radius 3 is 2.50 bits per heavy atom. The number of nitrogens with one attached hydrogen (secondary N) is 1. The number of anilines is 1. The van der Waals surface area contributed by atoms with E-state index in [1.54, 1.807) is 71.9 Å². The molecule has 5 aromatic rings. The van der Waals surface area contributed by atoms with Crippen molar-refractivity contribution in [1.82, 2.24) is 19.7 Å². The molecular formula is C27H19N5O2. The lowest BCUT2D eigenvalue weighted by Crippen LogP contribution is -2.12. The number of hydrogen-bond donors (Lipinski definition) is 1. The van der Waals surface area contributed by atoms with Crippen molar-refractivity contribution < 1.29 is 9.59 Å². The van der Waals surface area contributed by atoms with E-state index in [4.69, 9.17) is 0 Å². The lowest BCUT2D eigenvalue weighted by Gasteiger charge is -2.08. The first-order valence-corrected chi connectivity index (χ1v) is 10.6. The van der Waals surface area contributed by atoms with Gasteiger partial charge >= 0.3 is 0 Å². The monoisotopic (exact) mass is 445 g/mol. The fourth-order valence-corrected chi connectivity index (χ4v) is 3.53. The Bertz CT molecular complexity index is 1510. The van der Waals surface area contributed by atoms with Gasteiger partial charge < -0.3 is 5.32 Å². The molecule has 7 nitrogen and oxygen atoms in total. The number of hydrogen-bond acceptors (Lipinski definition) is 5. The van der Waals surface area contributed by atoms with Crippen LogP contribution >= 0.6 is 0 Å². The third kappa shape index (κ3) is 4.49. The summed E-state index contributed by atoms with van der Waals surface area (Å²) in [4.78, 5) is 33.9. The highest BCUT2D eigenvalue weighted by Gasteiger charge is 2.13. The van der Waals surface area contributed by atoms with E-state index in [0.717, 1.165) is 16.6 Å². The van der Waals surface area contributed by atoms with Crippen molar-refractivity contribution in [2.45, 2.75) is 0 Å². The number of pyridine rings is 2. The second-order valence-corrected chi connectivity index (χ2v) is 7.53. The predicted octanol–water partition coefficient (Wildman–Crippen LogP) is 4.94. The van der Waals surface area contributed by atoms with Crippen molar-refractivity contribution in [3.8, 4) is 0 Å². The van der Waals surface area contributed by atoms with Crippen LogP contribution in [0, 0.1) is 0 Å². The molecule has 0 radical (unpaired) electrons. The zero-order valence-corrected chi connectivity index (χ0v) is 18.0. The van der Waals surface area contributed by atoms with Crippen LogP contribution in [-0.4, -0.2) is 31.4 Å². The summed E-state index contributed by atoms with van der Waals surface area (Å²) in [5, 5.41) is 8.14. The Balaban J connectivity index is 1.39. The summed E-state index contributed by atoms with van der Waals surface area (Å²) in [7, 11) is 0. The molecule has 0 unspecified atom stereocenters. The average Bonchev–Trinajstić information content (AvgIpc) is 3.30. The zero-order valence-electron chi connectivity index (χ0n) is 18.0. The molecule has 1 amide bonds. The molecule has 0 saturated carbocycles. The molecule has 2 aromatic carbocycles. The van der Waals surface area contributed by atoms with Gasteiger partial charge in [0, 0.05) is 52.6 Å². The van der Waals surface area contributed by atoms with Crippen molar-refractivity contribution >= 4 is 40.6 Å². The highest BCUT2D eigenvalue weighted by Crippen LogP contribution is 2.21. The summed E-state index contributed by atoms with van der Waals surface area (Å²) in [6.45, 7) is 0.